The number of nitrogens with one attached hydrogen (secondary N) is 1. The summed E-state index contributed by atoms with van der Waals surface area (Å²) in [6.45, 7) is 8.18. The lowest BCUT2D eigenvalue weighted by Gasteiger charge is -2.18. The van der Waals surface area contributed by atoms with E-state index in [1.165, 1.54) is 0 Å². The van der Waals surface area contributed by atoms with Gasteiger partial charge in [0.2, 0.25) is 0 Å². The molecular formula is C10H21NO. The number of carbonyl (C=O) groups excluding carboxylic acids is 1. The van der Waals surface area contributed by atoms with Crippen LogP contribution in [0.15, 0.2) is 0 Å². The highest BCUT2D eigenvalue weighted by molar-refractivity contribution is 5.83. The molecule has 0 heterocycles. The zero-order valence-corrected chi connectivity index (χ0v) is 8.68. The zero-order valence-electron chi connectivity index (χ0n) is 8.68. The Morgan fingerprint density at radius 1 is 1.33 bits per heavy atom. The first-order chi connectivity index (χ1) is 5.61. The first kappa shape index (κ1) is 11.6. The van der Waals surface area contributed by atoms with Crippen LogP contribution in [0.4, 0.5) is 0 Å². The van der Waals surface area contributed by atoms with Gasteiger partial charge in [-0.05, 0) is 6.42 Å². The Hall–Kier alpha value is -0.370. The predicted molar refractivity (Wildman–Crippen MR) is 52.3 cm³/mol. The number of Topliss-reactive ketones (excluding diaryl/α,β-unsaturated/α-hetero) is 1. The lowest BCUT2D eigenvalue weighted by molar-refractivity contribution is -0.121. The van der Waals surface area contributed by atoms with Gasteiger partial charge in [-0.25, -0.2) is 0 Å². The number of carbonyl (C=O) groups is 1. The van der Waals surface area contributed by atoms with Crippen LogP contribution >= 0.6 is 0 Å². The highest BCUT2D eigenvalue weighted by atomic mass is 16.1. The van der Waals surface area contributed by atoms with E-state index in [1.54, 1.807) is 0 Å². The molecule has 0 aromatic carbocycles. The highest BCUT2D eigenvalue weighted by Crippen LogP contribution is 2.01. The van der Waals surface area contributed by atoms with E-state index in [0.717, 1.165) is 12.8 Å². The Balaban J connectivity index is 3.94. The maximum Gasteiger partial charge on any atom is 0.149 e. The maximum atomic E-state index is 11.4. The van der Waals surface area contributed by atoms with Gasteiger partial charge in [0.15, 0.2) is 0 Å². The van der Waals surface area contributed by atoms with Gasteiger partial charge in [0.05, 0.1) is 6.04 Å². The topological polar surface area (TPSA) is 29.1 Å². The van der Waals surface area contributed by atoms with Crippen molar-refractivity contribution in [2.75, 3.05) is 0 Å². The Labute approximate surface area is 75.7 Å². The van der Waals surface area contributed by atoms with Crippen molar-refractivity contribution in [2.45, 2.75) is 59.0 Å². The van der Waals surface area contributed by atoms with Crippen LogP contribution in [0.3, 0.4) is 0 Å². The fourth-order valence-electron chi connectivity index (χ4n) is 1.27. The van der Waals surface area contributed by atoms with E-state index >= 15 is 0 Å². The summed E-state index contributed by atoms with van der Waals surface area (Å²) in [7, 11) is 0. The lowest BCUT2D eigenvalue weighted by atomic mass is 10.0. The molecule has 0 unspecified atom stereocenters. The maximum absolute atomic E-state index is 11.4. The molecule has 0 saturated carbocycles. The first-order valence-corrected chi connectivity index (χ1v) is 4.90. The van der Waals surface area contributed by atoms with Crippen LogP contribution in [-0.4, -0.2) is 17.9 Å². The number of ketones is 1. The zero-order chi connectivity index (χ0) is 9.56. The van der Waals surface area contributed by atoms with Gasteiger partial charge >= 0.3 is 0 Å². The number of hydrogen-bond acceptors (Lipinski definition) is 2. The average Bonchev–Trinajstić information content (AvgIpc) is 2.01. The van der Waals surface area contributed by atoms with Crippen molar-refractivity contribution in [3.63, 3.8) is 0 Å². The fraction of sp³-hybridized carbons (Fsp3) is 0.900. The summed E-state index contributed by atoms with van der Waals surface area (Å²) < 4.78 is 0. The summed E-state index contributed by atoms with van der Waals surface area (Å²) in [6.07, 6.45) is 2.67. The Morgan fingerprint density at radius 3 is 2.25 bits per heavy atom. The van der Waals surface area contributed by atoms with Gasteiger partial charge in [0.25, 0.3) is 0 Å². The molecule has 0 aliphatic heterocycles. The molecule has 0 saturated heterocycles. The van der Waals surface area contributed by atoms with Crippen molar-refractivity contribution < 1.29 is 4.79 Å². The summed E-state index contributed by atoms with van der Waals surface area (Å²) in [6, 6.07) is 0.483. The van der Waals surface area contributed by atoms with Gasteiger partial charge in [0.1, 0.15) is 5.78 Å². The standard InChI is InChI=1S/C10H21NO/c1-5-7-9(10(12)6-2)11-8(3)4/h8-9,11H,5-7H2,1-4H3/t9-/m0/s1. The second kappa shape index (κ2) is 6.18. The van der Waals surface area contributed by atoms with Crippen molar-refractivity contribution in [3.8, 4) is 0 Å². The van der Waals surface area contributed by atoms with Crippen molar-refractivity contribution >= 4 is 5.78 Å². The molecule has 1 atom stereocenters. The van der Waals surface area contributed by atoms with Crippen LogP contribution in [0.2, 0.25) is 0 Å². The van der Waals surface area contributed by atoms with Crippen LogP contribution in [0.5, 0.6) is 0 Å². The summed E-state index contributed by atoms with van der Waals surface area (Å²) in [5.41, 5.74) is 0. The van der Waals surface area contributed by atoms with E-state index in [-0.39, 0.29) is 6.04 Å². The van der Waals surface area contributed by atoms with Crippen LogP contribution in [0.1, 0.15) is 47.0 Å². The molecule has 2 heteroatoms. The number of hydrogen-bond donors (Lipinski definition) is 1. The van der Waals surface area contributed by atoms with Crippen molar-refractivity contribution in [1.82, 2.24) is 5.32 Å². The largest absolute Gasteiger partial charge is 0.305 e. The minimum Gasteiger partial charge on any atom is -0.305 e. The molecule has 0 aliphatic carbocycles. The molecule has 0 rings (SSSR count). The third-order valence-electron chi connectivity index (χ3n) is 1.85. The van der Waals surface area contributed by atoms with E-state index in [2.05, 4.69) is 26.1 Å². The molecule has 72 valence electrons. The SMILES string of the molecule is CCC[C@H](NC(C)C)C(=O)CC. The van der Waals surface area contributed by atoms with Crippen LogP contribution < -0.4 is 5.32 Å². The van der Waals surface area contributed by atoms with E-state index in [4.69, 9.17) is 0 Å². The smallest absolute Gasteiger partial charge is 0.149 e. The third kappa shape index (κ3) is 4.50. The molecule has 0 aromatic rings. The van der Waals surface area contributed by atoms with Gasteiger partial charge in [-0.1, -0.05) is 34.1 Å². The first-order valence-electron chi connectivity index (χ1n) is 4.90. The second-order valence-electron chi connectivity index (χ2n) is 3.48. The third-order valence-corrected chi connectivity index (χ3v) is 1.85. The number of rotatable bonds is 6. The molecule has 0 fully saturated rings. The molecule has 0 bridgehead atoms. The van der Waals surface area contributed by atoms with Crippen LogP contribution in [-0.2, 0) is 4.79 Å². The van der Waals surface area contributed by atoms with Crippen molar-refractivity contribution in [1.29, 1.82) is 0 Å². The van der Waals surface area contributed by atoms with E-state index in [0.29, 0.717) is 18.2 Å². The molecule has 0 amide bonds. The minimum atomic E-state index is 0.0833. The second-order valence-corrected chi connectivity index (χ2v) is 3.48. The molecule has 0 radical (unpaired) electrons. The van der Waals surface area contributed by atoms with Crippen LogP contribution in [0.25, 0.3) is 0 Å². The van der Waals surface area contributed by atoms with Crippen molar-refractivity contribution in [3.05, 3.63) is 0 Å². The molecule has 2 nitrogen and oxygen atoms in total. The summed E-state index contributed by atoms with van der Waals surface area (Å²) >= 11 is 0. The summed E-state index contributed by atoms with van der Waals surface area (Å²) in [5.74, 6) is 0.338. The molecule has 0 aliphatic rings. The highest BCUT2D eigenvalue weighted by Gasteiger charge is 2.15. The normalized spacial score (nSPS) is 13.4. The monoisotopic (exact) mass is 171 g/mol. The Bertz CT molecular complexity index is 132. The predicted octanol–water partition coefficient (Wildman–Crippen LogP) is 2.13. The quantitative estimate of drug-likeness (QED) is 0.663. The Morgan fingerprint density at radius 2 is 1.92 bits per heavy atom. The average molecular weight is 171 g/mol. The van der Waals surface area contributed by atoms with Gasteiger partial charge < -0.3 is 5.32 Å². The molecule has 12 heavy (non-hydrogen) atoms. The molecule has 0 aromatic heterocycles. The lowest BCUT2D eigenvalue weighted by Crippen LogP contribution is -2.40. The van der Waals surface area contributed by atoms with E-state index in [9.17, 15) is 4.79 Å². The van der Waals surface area contributed by atoms with Gasteiger partial charge in [-0.2, -0.15) is 0 Å². The summed E-state index contributed by atoms with van der Waals surface area (Å²) in [5, 5.41) is 3.28. The van der Waals surface area contributed by atoms with Gasteiger partial charge in [-0.3, -0.25) is 4.79 Å². The fourth-order valence-corrected chi connectivity index (χ4v) is 1.27. The van der Waals surface area contributed by atoms with E-state index in [1.807, 2.05) is 6.92 Å². The Kier molecular flexibility index (Phi) is 5.99. The van der Waals surface area contributed by atoms with Crippen LogP contribution in [0, 0.1) is 0 Å². The summed E-state index contributed by atoms with van der Waals surface area (Å²) in [4.78, 5) is 11.4. The van der Waals surface area contributed by atoms with Gasteiger partial charge in [-0.15, -0.1) is 0 Å². The van der Waals surface area contributed by atoms with E-state index < -0.39 is 0 Å². The molecule has 1 N–H and O–H groups in total. The molecular weight excluding hydrogens is 150 g/mol. The minimum absolute atomic E-state index is 0.0833. The molecule has 0 spiro atoms. The van der Waals surface area contributed by atoms with Gasteiger partial charge in [0, 0.05) is 12.5 Å². The van der Waals surface area contributed by atoms with Crippen molar-refractivity contribution in [2.24, 2.45) is 0 Å².